The van der Waals surface area contributed by atoms with E-state index in [0.29, 0.717) is 5.69 Å². The van der Waals surface area contributed by atoms with Crippen molar-refractivity contribution in [2.45, 2.75) is 13.8 Å². The number of aromatic nitrogens is 2. The van der Waals surface area contributed by atoms with Crippen LogP contribution in [-0.4, -0.2) is 9.97 Å². The first-order valence-corrected chi connectivity index (χ1v) is 3.89. The highest BCUT2D eigenvalue weighted by Crippen LogP contribution is 2.14. The number of hydrogen-bond acceptors (Lipinski definition) is 3. The van der Waals surface area contributed by atoms with Crippen molar-refractivity contribution in [2.75, 3.05) is 5.73 Å². The van der Waals surface area contributed by atoms with Gasteiger partial charge in [0, 0.05) is 0 Å². The Hall–Kier alpha value is -0.540. The van der Waals surface area contributed by atoms with Crippen LogP contribution < -0.4 is 5.73 Å². The molecule has 0 atom stereocenters. The van der Waals surface area contributed by atoms with Crippen molar-refractivity contribution in [2.24, 2.45) is 0 Å². The van der Waals surface area contributed by atoms with E-state index in [2.05, 4.69) is 9.97 Å². The number of nitrogens with zero attached hydrogens (tertiary/aromatic N) is 2. The quantitative estimate of drug-likeness (QED) is 0.509. The lowest BCUT2D eigenvalue weighted by atomic mass is 10.6. The molecule has 0 aliphatic carbocycles. The lowest BCUT2D eigenvalue weighted by molar-refractivity contribution is 1.17. The van der Waals surface area contributed by atoms with Gasteiger partial charge in [0.1, 0.15) is 0 Å². The molecule has 0 spiro atoms. The molecule has 1 aromatic heterocycles. The fraction of sp³-hybridized carbons (Fsp3) is 0.333. The number of halogens is 2. The number of anilines is 1. The van der Waals surface area contributed by atoms with Gasteiger partial charge in [-0.05, 0) is 11.6 Å². The van der Waals surface area contributed by atoms with Crippen LogP contribution in [0.5, 0.6) is 0 Å². The summed E-state index contributed by atoms with van der Waals surface area (Å²) >= 11 is 10.8. The second kappa shape index (κ2) is 5.16. The van der Waals surface area contributed by atoms with Gasteiger partial charge in [-0.2, -0.15) is 0 Å². The second-order valence-corrected chi connectivity index (χ2v) is 2.08. The van der Waals surface area contributed by atoms with Gasteiger partial charge in [-0.25, -0.2) is 9.97 Å². The molecule has 0 bridgehead atoms. The van der Waals surface area contributed by atoms with E-state index in [0.717, 1.165) is 0 Å². The lowest BCUT2D eigenvalue weighted by Crippen LogP contribution is -1.90. The van der Waals surface area contributed by atoms with Crippen LogP contribution >= 0.6 is 23.2 Å². The standard InChI is InChI=1S/C4H3Cl2N3.C2H6/c5-3-2(7)1-8-4(6)9-3;1-2/h1H,7H2;1-2H3. The predicted molar refractivity (Wildman–Crippen MR) is 47.8 cm³/mol. The van der Waals surface area contributed by atoms with Gasteiger partial charge in [0.25, 0.3) is 0 Å². The van der Waals surface area contributed by atoms with Crippen LogP contribution in [0.15, 0.2) is 6.20 Å². The van der Waals surface area contributed by atoms with Crippen molar-refractivity contribution in [3.8, 4) is 0 Å². The third-order valence-corrected chi connectivity index (χ3v) is 1.22. The van der Waals surface area contributed by atoms with Crippen LogP contribution in [0.1, 0.15) is 13.8 Å². The van der Waals surface area contributed by atoms with Gasteiger partial charge in [-0.3, -0.25) is 0 Å². The number of nitrogen functional groups attached to an aromatic ring is 1. The minimum Gasteiger partial charge on any atom is -0.395 e. The Balaban J connectivity index is 0.000000461. The average molecular weight is 194 g/mol. The van der Waals surface area contributed by atoms with Crippen LogP contribution in [0, 0.1) is 0 Å². The average Bonchev–Trinajstić information content (AvgIpc) is 2.02. The first kappa shape index (κ1) is 10.5. The summed E-state index contributed by atoms with van der Waals surface area (Å²) in [5.41, 5.74) is 5.61. The number of rotatable bonds is 0. The molecule has 2 N–H and O–H groups in total. The molecule has 11 heavy (non-hydrogen) atoms. The van der Waals surface area contributed by atoms with Gasteiger partial charge in [0.05, 0.1) is 11.9 Å². The monoisotopic (exact) mass is 193 g/mol. The van der Waals surface area contributed by atoms with Crippen molar-refractivity contribution in [3.05, 3.63) is 16.6 Å². The normalized spacial score (nSPS) is 8.36. The van der Waals surface area contributed by atoms with E-state index in [4.69, 9.17) is 28.9 Å². The molecular formula is C6H9Cl2N3. The van der Waals surface area contributed by atoms with Gasteiger partial charge in [0.2, 0.25) is 5.28 Å². The largest absolute Gasteiger partial charge is 0.395 e. The molecule has 0 unspecified atom stereocenters. The van der Waals surface area contributed by atoms with Crippen LogP contribution in [0.4, 0.5) is 5.69 Å². The molecule has 5 heteroatoms. The van der Waals surface area contributed by atoms with Crippen molar-refractivity contribution in [1.82, 2.24) is 9.97 Å². The molecule has 1 rings (SSSR count). The zero-order chi connectivity index (χ0) is 8.85. The van der Waals surface area contributed by atoms with Gasteiger partial charge in [-0.1, -0.05) is 25.4 Å². The van der Waals surface area contributed by atoms with Gasteiger partial charge in [-0.15, -0.1) is 0 Å². The van der Waals surface area contributed by atoms with Crippen LogP contribution in [0.3, 0.4) is 0 Å². The van der Waals surface area contributed by atoms with Crippen molar-refractivity contribution >= 4 is 28.9 Å². The molecule has 0 amide bonds. The van der Waals surface area contributed by atoms with E-state index in [1.165, 1.54) is 6.20 Å². The minimum absolute atomic E-state index is 0.106. The van der Waals surface area contributed by atoms with Crippen LogP contribution in [0.25, 0.3) is 0 Å². The van der Waals surface area contributed by atoms with Crippen molar-refractivity contribution in [3.63, 3.8) is 0 Å². The first-order chi connectivity index (χ1) is 5.20. The summed E-state index contributed by atoms with van der Waals surface area (Å²) in [5, 5.41) is 0.296. The molecule has 0 saturated heterocycles. The third kappa shape index (κ3) is 3.39. The molecular weight excluding hydrogens is 185 g/mol. The molecule has 0 saturated carbocycles. The smallest absolute Gasteiger partial charge is 0.223 e. The van der Waals surface area contributed by atoms with Crippen molar-refractivity contribution < 1.29 is 0 Å². The van der Waals surface area contributed by atoms with Crippen LogP contribution in [0.2, 0.25) is 10.4 Å². The van der Waals surface area contributed by atoms with Crippen molar-refractivity contribution in [1.29, 1.82) is 0 Å². The van der Waals surface area contributed by atoms with E-state index in [1.54, 1.807) is 0 Å². The highest BCUT2D eigenvalue weighted by Gasteiger charge is 1.96. The maximum atomic E-state index is 5.45. The summed E-state index contributed by atoms with van der Waals surface area (Å²) in [7, 11) is 0. The van der Waals surface area contributed by atoms with Gasteiger partial charge in [0.15, 0.2) is 5.15 Å². The zero-order valence-corrected chi connectivity index (χ0v) is 7.82. The Labute approximate surface area is 75.6 Å². The molecule has 0 aliphatic rings. The topological polar surface area (TPSA) is 51.8 Å². The zero-order valence-electron chi connectivity index (χ0n) is 6.31. The highest BCUT2D eigenvalue weighted by atomic mass is 35.5. The number of nitrogens with two attached hydrogens (primary N) is 1. The maximum absolute atomic E-state index is 5.45. The summed E-state index contributed by atoms with van der Waals surface area (Å²) in [6.45, 7) is 4.00. The fourth-order valence-electron chi connectivity index (χ4n) is 0.350. The summed E-state index contributed by atoms with van der Waals surface area (Å²) in [4.78, 5) is 7.15. The Morgan fingerprint density at radius 3 is 2.27 bits per heavy atom. The lowest BCUT2D eigenvalue weighted by Gasteiger charge is -1.92. The Morgan fingerprint density at radius 1 is 1.36 bits per heavy atom. The molecule has 0 aromatic carbocycles. The molecule has 0 fully saturated rings. The summed E-state index contributed by atoms with van der Waals surface area (Å²) < 4.78 is 0. The van der Waals surface area contributed by atoms with E-state index in [9.17, 15) is 0 Å². The molecule has 3 nitrogen and oxygen atoms in total. The van der Waals surface area contributed by atoms with E-state index in [-0.39, 0.29) is 10.4 Å². The Morgan fingerprint density at radius 2 is 1.91 bits per heavy atom. The third-order valence-electron chi connectivity index (χ3n) is 0.739. The van der Waals surface area contributed by atoms with Crippen LogP contribution in [-0.2, 0) is 0 Å². The Bertz CT molecular complexity index is 227. The molecule has 1 heterocycles. The SMILES string of the molecule is CC.Nc1cnc(Cl)nc1Cl. The van der Waals surface area contributed by atoms with E-state index in [1.807, 2.05) is 13.8 Å². The molecule has 0 radical (unpaired) electrons. The van der Waals surface area contributed by atoms with E-state index >= 15 is 0 Å². The Kier molecular flexibility index (Phi) is 4.90. The predicted octanol–water partition coefficient (Wildman–Crippen LogP) is 2.39. The number of hydrogen-bond donors (Lipinski definition) is 1. The fourth-order valence-corrected chi connectivity index (χ4v) is 0.656. The summed E-state index contributed by atoms with van der Waals surface area (Å²) in [5.74, 6) is 0. The first-order valence-electron chi connectivity index (χ1n) is 3.13. The van der Waals surface area contributed by atoms with Gasteiger partial charge >= 0.3 is 0 Å². The molecule has 0 aliphatic heterocycles. The summed E-state index contributed by atoms with van der Waals surface area (Å²) in [6.07, 6.45) is 1.36. The minimum atomic E-state index is 0.106. The van der Waals surface area contributed by atoms with E-state index < -0.39 is 0 Å². The van der Waals surface area contributed by atoms with Gasteiger partial charge < -0.3 is 5.73 Å². The maximum Gasteiger partial charge on any atom is 0.223 e. The summed E-state index contributed by atoms with van der Waals surface area (Å²) in [6, 6.07) is 0. The molecule has 1 aromatic rings. The second-order valence-electron chi connectivity index (χ2n) is 1.39. The molecule has 62 valence electrons. The highest BCUT2D eigenvalue weighted by molar-refractivity contribution is 6.33.